The molecule has 0 fully saturated rings. The van der Waals surface area contributed by atoms with Crippen LogP contribution in [0.1, 0.15) is 24.2 Å². The molecular formula is C12H16N2O5S. The minimum absolute atomic E-state index is 0.0162. The number of hydrogen-bond donors (Lipinski definition) is 3. The van der Waals surface area contributed by atoms with E-state index in [4.69, 9.17) is 5.73 Å². The lowest BCUT2D eigenvalue weighted by Crippen LogP contribution is -2.22. The van der Waals surface area contributed by atoms with Crippen LogP contribution in [0.2, 0.25) is 0 Å². The summed E-state index contributed by atoms with van der Waals surface area (Å²) >= 11 is 0.859. The van der Waals surface area contributed by atoms with Crippen molar-refractivity contribution in [3.05, 3.63) is 33.4 Å². The number of nitrogens with two attached hydrogens (primary N) is 1. The van der Waals surface area contributed by atoms with Crippen LogP contribution in [0.25, 0.3) is 0 Å². The summed E-state index contributed by atoms with van der Waals surface area (Å²) in [6, 6.07) is 2.43. The zero-order valence-corrected chi connectivity index (χ0v) is 11.9. The van der Waals surface area contributed by atoms with Crippen molar-refractivity contribution in [2.75, 3.05) is 11.5 Å². The van der Waals surface area contributed by atoms with Gasteiger partial charge >= 0.3 is 0 Å². The predicted molar refractivity (Wildman–Crippen MR) is 76.4 cm³/mol. The molecule has 0 saturated heterocycles. The molecular weight excluding hydrogens is 284 g/mol. The van der Waals surface area contributed by atoms with Crippen molar-refractivity contribution in [3.8, 4) is 0 Å². The van der Waals surface area contributed by atoms with Crippen LogP contribution >= 0.6 is 11.8 Å². The third kappa shape index (κ3) is 3.92. The van der Waals surface area contributed by atoms with Gasteiger partial charge in [-0.2, -0.15) is 0 Å². The zero-order valence-electron chi connectivity index (χ0n) is 11.1. The van der Waals surface area contributed by atoms with Crippen LogP contribution < -0.4 is 5.73 Å². The smallest absolute Gasteiger partial charge is 0.270 e. The number of anilines is 1. The Morgan fingerprint density at radius 3 is 2.60 bits per heavy atom. The number of carbonyl (C=O) groups is 1. The number of nitro groups is 1. The van der Waals surface area contributed by atoms with Crippen molar-refractivity contribution in [1.82, 2.24) is 0 Å². The molecule has 2 atom stereocenters. The van der Waals surface area contributed by atoms with Crippen molar-refractivity contribution in [2.24, 2.45) is 0 Å². The Morgan fingerprint density at radius 2 is 2.10 bits per heavy atom. The summed E-state index contributed by atoms with van der Waals surface area (Å²) < 4.78 is 0. The number of rotatable bonds is 5. The maximum absolute atomic E-state index is 10.8. The second-order valence-electron chi connectivity index (χ2n) is 4.34. The molecule has 7 nitrogen and oxygen atoms in total. The van der Waals surface area contributed by atoms with Gasteiger partial charge in [0.25, 0.3) is 5.69 Å². The highest BCUT2D eigenvalue weighted by Gasteiger charge is 2.24. The predicted octanol–water partition coefficient (Wildman–Crippen LogP) is 1.16. The quantitative estimate of drug-likeness (QED) is 0.423. The topological polar surface area (TPSA) is 127 Å². The minimum Gasteiger partial charge on any atom is -0.398 e. The van der Waals surface area contributed by atoms with Gasteiger partial charge < -0.3 is 15.9 Å². The number of hydrogen-bond acceptors (Lipinski definition) is 7. The summed E-state index contributed by atoms with van der Waals surface area (Å²) in [5, 5.41) is 30.5. The van der Waals surface area contributed by atoms with Crippen LogP contribution in [0.5, 0.6) is 0 Å². The molecule has 0 heterocycles. The largest absolute Gasteiger partial charge is 0.398 e. The number of aliphatic hydroxyl groups excluding tert-OH is 2. The number of carbonyl (C=O) groups excluding carboxylic acids is 1. The first-order chi connectivity index (χ1) is 9.23. The summed E-state index contributed by atoms with van der Waals surface area (Å²) in [7, 11) is 0. The normalized spacial score (nSPS) is 13.8. The lowest BCUT2D eigenvalue weighted by molar-refractivity contribution is -0.385. The Morgan fingerprint density at radius 1 is 1.50 bits per heavy atom. The van der Waals surface area contributed by atoms with Gasteiger partial charge in [0.15, 0.2) is 5.12 Å². The molecule has 0 saturated carbocycles. The second-order valence-corrected chi connectivity index (χ2v) is 5.53. The molecule has 1 rings (SSSR count). The van der Waals surface area contributed by atoms with Crippen molar-refractivity contribution in [1.29, 1.82) is 0 Å². The van der Waals surface area contributed by atoms with Gasteiger partial charge in [0.05, 0.1) is 11.0 Å². The first-order valence-corrected chi connectivity index (χ1v) is 6.76. The number of aliphatic hydroxyl groups is 2. The molecule has 0 spiro atoms. The Balaban J connectivity index is 3.05. The average molecular weight is 300 g/mol. The van der Waals surface area contributed by atoms with Crippen LogP contribution in [0.15, 0.2) is 12.1 Å². The van der Waals surface area contributed by atoms with E-state index in [1.165, 1.54) is 13.0 Å². The summed E-state index contributed by atoms with van der Waals surface area (Å²) in [4.78, 5) is 21.0. The highest BCUT2D eigenvalue weighted by molar-refractivity contribution is 8.13. The van der Waals surface area contributed by atoms with E-state index in [0.717, 1.165) is 17.8 Å². The maximum Gasteiger partial charge on any atom is 0.270 e. The first kappa shape index (κ1) is 16.4. The van der Waals surface area contributed by atoms with Gasteiger partial charge in [-0.15, -0.1) is 0 Å². The summed E-state index contributed by atoms with van der Waals surface area (Å²) in [6.45, 7) is 2.92. The van der Waals surface area contributed by atoms with E-state index in [2.05, 4.69) is 0 Å². The monoisotopic (exact) mass is 300 g/mol. The Kier molecular flexibility index (Phi) is 5.49. The number of thioether (sulfide) groups is 1. The molecule has 0 radical (unpaired) electrons. The number of aryl methyl sites for hydroxylation is 1. The molecule has 0 amide bonds. The number of nitro benzene ring substituents is 1. The molecule has 0 aliphatic heterocycles. The molecule has 1 aromatic carbocycles. The fraction of sp³-hybridized carbons (Fsp3) is 0.417. The molecule has 4 N–H and O–H groups in total. The van der Waals surface area contributed by atoms with Gasteiger partial charge in [0.1, 0.15) is 6.10 Å². The van der Waals surface area contributed by atoms with E-state index in [1.807, 2.05) is 0 Å². The van der Waals surface area contributed by atoms with E-state index < -0.39 is 17.1 Å². The molecule has 0 aliphatic rings. The molecule has 2 unspecified atom stereocenters. The standard InChI is InChI=1S/C12H16N2O5S/c1-6-3-8(14(18)19)4-9(11(6)13)12(17)10(16)5-20-7(2)15/h3-4,10,12,16-17H,5,13H2,1-2H3. The van der Waals surface area contributed by atoms with Crippen molar-refractivity contribution < 1.29 is 19.9 Å². The Bertz CT molecular complexity index is 535. The molecule has 8 heteroatoms. The number of benzene rings is 1. The Hall–Kier alpha value is -1.64. The third-order valence-corrected chi connectivity index (χ3v) is 3.67. The third-order valence-electron chi connectivity index (χ3n) is 2.75. The minimum atomic E-state index is -1.39. The lowest BCUT2D eigenvalue weighted by atomic mass is 9.99. The average Bonchev–Trinajstić information content (AvgIpc) is 2.37. The highest BCUT2D eigenvalue weighted by Crippen LogP contribution is 2.31. The fourth-order valence-electron chi connectivity index (χ4n) is 1.66. The van der Waals surface area contributed by atoms with Crippen molar-refractivity contribution in [3.63, 3.8) is 0 Å². The molecule has 110 valence electrons. The van der Waals surface area contributed by atoms with Gasteiger partial charge in [-0.05, 0) is 12.5 Å². The molecule has 0 bridgehead atoms. The van der Waals surface area contributed by atoms with Crippen LogP contribution in [0.4, 0.5) is 11.4 Å². The van der Waals surface area contributed by atoms with Gasteiger partial charge in [0.2, 0.25) is 0 Å². The molecule has 0 aromatic heterocycles. The molecule has 0 aliphatic carbocycles. The molecule has 1 aromatic rings. The first-order valence-electron chi connectivity index (χ1n) is 5.78. The second kappa shape index (κ2) is 6.69. The van der Waals surface area contributed by atoms with Crippen LogP contribution in [0, 0.1) is 17.0 Å². The summed E-state index contributed by atoms with van der Waals surface area (Å²) in [5.74, 6) is -0.0162. The SMILES string of the molecule is CC(=O)SCC(O)C(O)c1cc([N+](=O)[O-])cc(C)c1N. The van der Waals surface area contributed by atoms with Crippen LogP contribution in [-0.2, 0) is 4.79 Å². The molecule has 20 heavy (non-hydrogen) atoms. The Labute approximate surface area is 119 Å². The van der Waals surface area contributed by atoms with E-state index in [-0.39, 0.29) is 27.8 Å². The van der Waals surface area contributed by atoms with Crippen LogP contribution in [0.3, 0.4) is 0 Å². The van der Waals surface area contributed by atoms with Gasteiger partial charge in [0, 0.05) is 36.1 Å². The lowest BCUT2D eigenvalue weighted by Gasteiger charge is -2.19. The van der Waals surface area contributed by atoms with Gasteiger partial charge in [-0.3, -0.25) is 14.9 Å². The van der Waals surface area contributed by atoms with E-state index in [1.54, 1.807) is 6.92 Å². The number of nitrogen functional groups attached to an aromatic ring is 1. The summed E-state index contributed by atoms with van der Waals surface area (Å²) in [5.41, 5.74) is 6.29. The van der Waals surface area contributed by atoms with Crippen LogP contribution in [-0.4, -0.2) is 32.1 Å². The van der Waals surface area contributed by atoms with Gasteiger partial charge in [-0.1, -0.05) is 11.8 Å². The number of non-ortho nitro benzene ring substituents is 1. The zero-order chi connectivity index (χ0) is 15.4. The van der Waals surface area contributed by atoms with Crippen molar-refractivity contribution >= 4 is 28.3 Å². The number of nitrogens with zero attached hydrogens (tertiary/aromatic N) is 1. The summed E-state index contributed by atoms with van der Waals surface area (Å²) in [6.07, 6.45) is -2.63. The highest BCUT2D eigenvalue weighted by atomic mass is 32.2. The van der Waals surface area contributed by atoms with E-state index >= 15 is 0 Å². The maximum atomic E-state index is 10.8. The van der Waals surface area contributed by atoms with E-state index in [9.17, 15) is 25.1 Å². The van der Waals surface area contributed by atoms with Crippen molar-refractivity contribution in [2.45, 2.75) is 26.1 Å². The fourth-order valence-corrected chi connectivity index (χ4v) is 2.25. The van der Waals surface area contributed by atoms with E-state index in [0.29, 0.717) is 5.56 Å². The van der Waals surface area contributed by atoms with Gasteiger partial charge in [-0.25, -0.2) is 0 Å².